The topological polar surface area (TPSA) is 20.2 Å². The first kappa shape index (κ1) is 12.5. The quantitative estimate of drug-likeness (QED) is 0.902. The Kier molecular flexibility index (Phi) is 4.16. The van der Waals surface area contributed by atoms with Crippen LogP contribution in [0.25, 0.3) is 0 Å². The summed E-state index contributed by atoms with van der Waals surface area (Å²) < 4.78 is 36.6. The Morgan fingerprint density at radius 2 is 1.73 bits per heavy atom. The second-order valence-electron chi connectivity index (χ2n) is 3.30. The molecule has 0 fully saturated rings. The fraction of sp³-hybridized carbons (Fsp3) is 0.400. The number of rotatable bonds is 3. The molecule has 0 aliphatic rings. The van der Waals surface area contributed by atoms with Crippen LogP contribution in [0.4, 0.5) is 13.2 Å². The number of aliphatic hydroxyl groups is 1. The van der Waals surface area contributed by atoms with E-state index in [1.807, 2.05) is 0 Å². The van der Waals surface area contributed by atoms with Crippen LogP contribution >= 0.6 is 15.9 Å². The number of hydrogen-bond acceptors (Lipinski definition) is 1. The van der Waals surface area contributed by atoms with Crippen molar-refractivity contribution in [2.75, 3.05) is 0 Å². The maximum Gasteiger partial charge on any atom is 0.391 e. The predicted octanol–water partition coefficient (Wildman–Crippen LogP) is 3.30. The molecule has 1 rings (SSSR count). The minimum Gasteiger partial charge on any atom is -0.392 e. The minimum atomic E-state index is -4.31. The average molecular weight is 283 g/mol. The summed E-state index contributed by atoms with van der Waals surface area (Å²) in [6, 6.07) is 6.83. The average Bonchev–Trinajstić information content (AvgIpc) is 2.05. The number of alkyl halides is 3. The molecule has 0 saturated carbocycles. The summed E-state index contributed by atoms with van der Waals surface area (Å²) in [4.78, 5) is 0. The highest BCUT2D eigenvalue weighted by molar-refractivity contribution is 9.10. The van der Waals surface area contributed by atoms with E-state index in [0.29, 0.717) is 5.56 Å². The third-order valence-electron chi connectivity index (χ3n) is 1.85. The SMILES string of the molecule is OC(Cc1ccc(Br)cc1)CC(F)(F)F. The van der Waals surface area contributed by atoms with Crippen molar-refractivity contribution < 1.29 is 18.3 Å². The van der Waals surface area contributed by atoms with Crippen molar-refractivity contribution in [3.8, 4) is 0 Å². The minimum absolute atomic E-state index is 0.0206. The van der Waals surface area contributed by atoms with Gasteiger partial charge in [0.15, 0.2) is 0 Å². The zero-order valence-corrected chi connectivity index (χ0v) is 9.35. The highest BCUT2D eigenvalue weighted by Gasteiger charge is 2.30. The monoisotopic (exact) mass is 282 g/mol. The molecule has 0 aromatic heterocycles. The third-order valence-corrected chi connectivity index (χ3v) is 2.38. The molecule has 1 atom stereocenters. The Labute approximate surface area is 94.0 Å². The van der Waals surface area contributed by atoms with Crippen LogP contribution in [-0.2, 0) is 6.42 Å². The van der Waals surface area contributed by atoms with E-state index in [9.17, 15) is 18.3 Å². The molecule has 0 spiro atoms. The maximum absolute atomic E-state index is 11.9. The summed E-state index contributed by atoms with van der Waals surface area (Å²) in [6.07, 6.45) is -6.82. The van der Waals surface area contributed by atoms with Gasteiger partial charge in [-0.25, -0.2) is 0 Å². The molecule has 1 N–H and O–H groups in total. The van der Waals surface area contributed by atoms with E-state index in [-0.39, 0.29) is 6.42 Å². The number of aliphatic hydroxyl groups excluding tert-OH is 1. The van der Waals surface area contributed by atoms with Crippen LogP contribution in [0.1, 0.15) is 12.0 Å². The molecule has 1 aromatic carbocycles. The van der Waals surface area contributed by atoms with E-state index in [0.717, 1.165) is 4.47 Å². The van der Waals surface area contributed by atoms with Crippen LogP contribution in [-0.4, -0.2) is 17.4 Å². The van der Waals surface area contributed by atoms with E-state index in [4.69, 9.17) is 0 Å². The molecule has 0 aliphatic carbocycles. The zero-order chi connectivity index (χ0) is 11.5. The molecule has 84 valence electrons. The van der Waals surface area contributed by atoms with Gasteiger partial charge in [-0.3, -0.25) is 0 Å². The lowest BCUT2D eigenvalue weighted by atomic mass is 10.1. The highest BCUT2D eigenvalue weighted by atomic mass is 79.9. The Morgan fingerprint density at radius 1 is 1.20 bits per heavy atom. The second-order valence-corrected chi connectivity index (χ2v) is 4.22. The Hall–Kier alpha value is -0.550. The molecule has 5 heteroatoms. The lowest BCUT2D eigenvalue weighted by Crippen LogP contribution is -2.21. The van der Waals surface area contributed by atoms with Crippen LogP contribution in [0.15, 0.2) is 28.7 Å². The summed E-state index contributed by atoms with van der Waals surface area (Å²) in [6.45, 7) is 0. The van der Waals surface area contributed by atoms with Crippen molar-refractivity contribution in [1.29, 1.82) is 0 Å². The van der Waals surface area contributed by atoms with Crippen LogP contribution in [0, 0.1) is 0 Å². The lowest BCUT2D eigenvalue weighted by Gasteiger charge is -2.12. The third kappa shape index (κ3) is 5.18. The molecule has 0 bridgehead atoms. The van der Waals surface area contributed by atoms with E-state index in [1.54, 1.807) is 24.3 Å². The Bertz CT molecular complexity index is 307. The summed E-state index contributed by atoms with van der Waals surface area (Å²) in [5.74, 6) is 0. The summed E-state index contributed by atoms with van der Waals surface area (Å²) >= 11 is 3.22. The first-order valence-electron chi connectivity index (χ1n) is 4.36. The van der Waals surface area contributed by atoms with Crippen molar-refractivity contribution in [2.45, 2.75) is 25.1 Å². The Balaban J connectivity index is 2.51. The van der Waals surface area contributed by atoms with Crippen molar-refractivity contribution >= 4 is 15.9 Å². The van der Waals surface area contributed by atoms with Crippen molar-refractivity contribution in [2.24, 2.45) is 0 Å². The van der Waals surface area contributed by atoms with Crippen LogP contribution in [0.5, 0.6) is 0 Å². The molecule has 1 unspecified atom stereocenters. The van der Waals surface area contributed by atoms with E-state index >= 15 is 0 Å². The molecule has 1 nitrogen and oxygen atoms in total. The van der Waals surface area contributed by atoms with Gasteiger partial charge in [0.25, 0.3) is 0 Å². The molecule has 0 saturated heterocycles. The molecule has 0 heterocycles. The van der Waals surface area contributed by atoms with E-state index in [1.165, 1.54) is 0 Å². The first-order chi connectivity index (χ1) is 6.87. The summed E-state index contributed by atoms with van der Waals surface area (Å²) in [7, 11) is 0. The van der Waals surface area contributed by atoms with Crippen molar-refractivity contribution in [3.05, 3.63) is 34.3 Å². The van der Waals surface area contributed by atoms with Crippen LogP contribution in [0.2, 0.25) is 0 Å². The summed E-state index contributed by atoms with van der Waals surface area (Å²) in [5, 5.41) is 9.18. The number of hydrogen-bond donors (Lipinski definition) is 1. The molecule has 0 radical (unpaired) electrons. The smallest absolute Gasteiger partial charge is 0.391 e. The first-order valence-corrected chi connectivity index (χ1v) is 5.15. The van der Waals surface area contributed by atoms with Gasteiger partial charge in [-0.05, 0) is 24.1 Å². The number of halogens is 4. The maximum atomic E-state index is 11.9. The molecular weight excluding hydrogens is 273 g/mol. The van der Waals surface area contributed by atoms with Gasteiger partial charge in [0.05, 0.1) is 12.5 Å². The fourth-order valence-corrected chi connectivity index (χ4v) is 1.50. The van der Waals surface area contributed by atoms with Gasteiger partial charge >= 0.3 is 6.18 Å². The Morgan fingerprint density at radius 3 is 2.20 bits per heavy atom. The van der Waals surface area contributed by atoms with Gasteiger partial charge in [0.1, 0.15) is 0 Å². The zero-order valence-electron chi connectivity index (χ0n) is 7.76. The van der Waals surface area contributed by atoms with Crippen LogP contribution in [0.3, 0.4) is 0 Å². The van der Waals surface area contributed by atoms with E-state index in [2.05, 4.69) is 15.9 Å². The molecule has 0 amide bonds. The fourth-order valence-electron chi connectivity index (χ4n) is 1.23. The van der Waals surface area contributed by atoms with Gasteiger partial charge in [-0.2, -0.15) is 13.2 Å². The molecule has 0 aliphatic heterocycles. The molecular formula is C10H10BrF3O. The van der Waals surface area contributed by atoms with Crippen molar-refractivity contribution in [3.63, 3.8) is 0 Å². The second kappa shape index (κ2) is 4.99. The van der Waals surface area contributed by atoms with Gasteiger partial charge in [0, 0.05) is 4.47 Å². The van der Waals surface area contributed by atoms with Gasteiger partial charge in [-0.15, -0.1) is 0 Å². The van der Waals surface area contributed by atoms with Gasteiger partial charge < -0.3 is 5.11 Å². The largest absolute Gasteiger partial charge is 0.392 e. The molecule has 15 heavy (non-hydrogen) atoms. The van der Waals surface area contributed by atoms with E-state index < -0.39 is 18.7 Å². The standard InChI is InChI=1S/C10H10BrF3O/c11-8-3-1-7(2-4-8)5-9(15)6-10(12,13)14/h1-4,9,15H,5-6H2. The number of benzene rings is 1. The normalized spacial score (nSPS) is 13.9. The highest BCUT2D eigenvalue weighted by Crippen LogP contribution is 2.23. The van der Waals surface area contributed by atoms with Gasteiger partial charge in [0.2, 0.25) is 0 Å². The van der Waals surface area contributed by atoms with Crippen LogP contribution < -0.4 is 0 Å². The summed E-state index contributed by atoms with van der Waals surface area (Å²) in [5.41, 5.74) is 0.690. The van der Waals surface area contributed by atoms with Gasteiger partial charge in [-0.1, -0.05) is 28.1 Å². The molecule has 1 aromatic rings. The predicted molar refractivity (Wildman–Crippen MR) is 54.5 cm³/mol. The lowest BCUT2D eigenvalue weighted by molar-refractivity contribution is -0.153. The van der Waals surface area contributed by atoms with Crippen molar-refractivity contribution in [1.82, 2.24) is 0 Å².